The largest absolute Gasteiger partial charge is 1.00 e. The summed E-state index contributed by atoms with van der Waals surface area (Å²) in [5.74, 6) is 0. The van der Waals surface area contributed by atoms with Gasteiger partial charge >= 0.3 is 51.5 Å². The van der Waals surface area contributed by atoms with Gasteiger partial charge in [-0.3, -0.25) is 0 Å². The third kappa shape index (κ3) is 15.4. The molecule has 0 aromatic heterocycles. The first kappa shape index (κ1) is 41.4. The predicted octanol–water partition coefficient (Wildman–Crippen LogP) is -6.68. The summed E-state index contributed by atoms with van der Waals surface area (Å²) in [5, 5.41) is 14.0. The van der Waals surface area contributed by atoms with Crippen LogP contribution in [0.1, 0.15) is 51.4 Å². The molecule has 0 aliphatic carbocycles. The van der Waals surface area contributed by atoms with Gasteiger partial charge in [0.25, 0.3) is 0 Å². The van der Waals surface area contributed by atoms with Gasteiger partial charge in [-0.25, -0.2) is 0 Å². The first-order valence-electron chi connectivity index (χ1n) is 14.5. The zero-order valence-corrected chi connectivity index (χ0v) is 27.0. The first-order chi connectivity index (χ1) is 18.9. The van der Waals surface area contributed by atoms with Gasteiger partial charge in [0.15, 0.2) is 0 Å². The Morgan fingerprint density at radius 2 is 0.571 bits per heavy atom. The average molecular weight is 607 g/mol. The predicted molar refractivity (Wildman–Crippen MR) is 159 cm³/mol. The maximum atomic E-state index is 4.94. The van der Waals surface area contributed by atoms with Crippen LogP contribution in [-0.2, 0) is 18.9 Å². The van der Waals surface area contributed by atoms with Gasteiger partial charge in [0.1, 0.15) is 0 Å². The van der Waals surface area contributed by atoms with Crippen LogP contribution >= 0.6 is 0 Å². The molecule has 4 N–H and O–H groups in total. The summed E-state index contributed by atoms with van der Waals surface area (Å²) in [6, 6.07) is 16.5. The molecule has 0 atom stereocenters. The quantitative estimate of drug-likeness (QED) is 0.221. The molecule has 0 radical (unpaired) electrons. The molecular formula is C28H44B2Cl2Li2N4O4. The van der Waals surface area contributed by atoms with Gasteiger partial charge in [-0.1, -0.05) is 24.3 Å². The Balaban J connectivity index is 0.000000580. The van der Waals surface area contributed by atoms with Crippen LogP contribution in [0.3, 0.4) is 0 Å². The third-order valence-electron chi connectivity index (χ3n) is 6.74. The molecule has 42 heavy (non-hydrogen) atoms. The van der Waals surface area contributed by atoms with Crippen molar-refractivity contribution >= 4 is 36.5 Å². The van der Waals surface area contributed by atoms with Gasteiger partial charge in [-0.15, -0.1) is 0 Å². The van der Waals surface area contributed by atoms with Gasteiger partial charge in [-0.05, 0) is 75.6 Å². The second-order valence-electron chi connectivity index (χ2n) is 9.90. The van der Waals surface area contributed by atoms with Crippen LogP contribution < -0.4 is 83.4 Å². The number of benzene rings is 2. The first-order valence-corrected chi connectivity index (χ1v) is 14.5. The van der Waals surface area contributed by atoms with Gasteiger partial charge in [0, 0.05) is 75.6 Å². The minimum absolute atomic E-state index is 0. The molecule has 6 heterocycles. The van der Waals surface area contributed by atoms with Crippen LogP contribution in [0.2, 0.25) is 0 Å². The SMILES string of the molecule is C1CCOC1.C1CCOC1.C1CCOC1.C1CCOC1.[Cl-].[Cl-].[Li+].[Li+].c1ccc2c(c1)NB1Nc3ccccc3NB1N2. The molecule has 6 aliphatic rings. The number of rotatable bonds is 0. The molecule has 0 bridgehead atoms. The zero-order valence-electron chi connectivity index (χ0n) is 25.5. The molecule has 4 fully saturated rings. The van der Waals surface area contributed by atoms with E-state index in [1.807, 2.05) is 24.3 Å². The van der Waals surface area contributed by atoms with Gasteiger partial charge in [0.05, 0.1) is 0 Å². The molecule has 2 aromatic carbocycles. The molecule has 6 aliphatic heterocycles. The van der Waals surface area contributed by atoms with Gasteiger partial charge < -0.3 is 64.7 Å². The molecule has 8 rings (SSSR count). The molecule has 0 amide bonds. The van der Waals surface area contributed by atoms with Crippen molar-refractivity contribution in [2.45, 2.75) is 51.4 Å². The Labute approximate surface area is 290 Å². The van der Waals surface area contributed by atoms with Crippen LogP contribution in [0, 0.1) is 0 Å². The van der Waals surface area contributed by atoms with E-state index in [9.17, 15) is 0 Å². The number of ether oxygens (including phenoxy) is 4. The van der Waals surface area contributed by atoms with Crippen LogP contribution in [0.15, 0.2) is 48.5 Å². The van der Waals surface area contributed by atoms with Crippen molar-refractivity contribution in [3.8, 4) is 0 Å². The number of halogens is 2. The topological polar surface area (TPSA) is 85.0 Å². The maximum Gasteiger partial charge on any atom is 1.00 e. The Bertz CT molecular complexity index is 759. The second kappa shape index (κ2) is 25.7. The van der Waals surface area contributed by atoms with Crippen LogP contribution in [0.25, 0.3) is 0 Å². The number of anilines is 4. The van der Waals surface area contributed by atoms with Crippen molar-refractivity contribution in [3.05, 3.63) is 48.5 Å². The monoisotopic (exact) mass is 606 g/mol. The van der Waals surface area contributed by atoms with E-state index in [1.54, 1.807) is 0 Å². The van der Waals surface area contributed by atoms with Gasteiger partial charge in [-0.2, -0.15) is 0 Å². The molecule has 4 saturated heterocycles. The van der Waals surface area contributed by atoms with E-state index in [2.05, 4.69) is 45.2 Å². The third-order valence-corrected chi connectivity index (χ3v) is 6.74. The van der Waals surface area contributed by atoms with Crippen molar-refractivity contribution in [1.82, 2.24) is 0 Å². The number of fused-ring (bicyclic) bond motifs is 3. The van der Waals surface area contributed by atoms with E-state index in [1.165, 1.54) is 51.4 Å². The standard InChI is InChI=1S/C12H12B2N4.4C4H8O.2ClH.2Li/c1-2-6-10-9(5-1)15-13-14(16-10)18-12-8-4-3-7-11(12)17-13;4*1-2-4-5-3-1;;;;/h1-8,15-18H;4*1-4H2;2*1H;;/q;;;;;;;2*+1/p-2. The molecule has 2 aromatic rings. The normalized spacial score (nSPS) is 17.9. The summed E-state index contributed by atoms with van der Waals surface area (Å²) in [4.78, 5) is 0. The van der Waals surface area contributed by atoms with E-state index in [0.29, 0.717) is 0 Å². The summed E-state index contributed by atoms with van der Waals surface area (Å²) in [6.07, 6.45) is 10.2. The molecule has 8 nitrogen and oxygen atoms in total. The van der Waals surface area contributed by atoms with Gasteiger partial charge in [0.2, 0.25) is 0 Å². The molecule has 0 saturated carbocycles. The van der Waals surface area contributed by atoms with E-state index in [4.69, 9.17) is 18.9 Å². The Morgan fingerprint density at radius 1 is 0.381 bits per heavy atom. The molecular weight excluding hydrogens is 563 g/mol. The fraction of sp³-hybridized carbons (Fsp3) is 0.571. The van der Waals surface area contributed by atoms with Crippen LogP contribution in [0.4, 0.5) is 22.7 Å². The smallest absolute Gasteiger partial charge is 1.00 e. The fourth-order valence-electron chi connectivity index (χ4n) is 4.59. The van der Waals surface area contributed by atoms with Crippen molar-refractivity contribution < 1.29 is 81.5 Å². The fourth-order valence-corrected chi connectivity index (χ4v) is 4.59. The minimum Gasteiger partial charge on any atom is -1.00 e. The molecule has 0 spiro atoms. The Morgan fingerprint density at radius 3 is 0.714 bits per heavy atom. The molecule has 222 valence electrons. The number of nitrogens with one attached hydrogen (secondary N) is 4. The number of hydrogen-bond donors (Lipinski definition) is 4. The Hall–Kier alpha value is -0.615. The number of para-hydroxylation sites is 4. The number of hydrogen-bond acceptors (Lipinski definition) is 8. The second-order valence-corrected chi connectivity index (χ2v) is 9.90. The molecule has 0 unspecified atom stereocenters. The van der Waals surface area contributed by atoms with Crippen molar-refractivity contribution in [2.24, 2.45) is 0 Å². The van der Waals surface area contributed by atoms with E-state index in [0.717, 1.165) is 75.6 Å². The molecule has 14 heteroatoms. The van der Waals surface area contributed by atoms with Crippen molar-refractivity contribution in [1.29, 1.82) is 0 Å². The summed E-state index contributed by atoms with van der Waals surface area (Å²) >= 11 is 0. The Kier molecular flexibility index (Phi) is 25.3. The minimum atomic E-state index is 0. The van der Waals surface area contributed by atoms with E-state index in [-0.39, 0.29) is 76.3 Å². The zero-order chi connectivity index (χ0) is 26.1. The van der Waals surface area contributed by atoms with E-state index < -0.39 is 0 Å². The van der Waals surface area contributed by atoms with E-state index >= 15 is 0 Å². The van der Waals surface area contributed by atoms with Crippen LogP contribution in [-0.4, -0.2) is 66.6 Å². The summed E-state index contributed by atoms with van der Waals surface area (Å²) in [6.45, 7) is 8.30. The summed E-state index contributed by atoms with van der Waals surface area (Å²) in [7, 11) is 0. The van der Waals surface area contributed by atoms with Crippen molar-refractivity contribution in [3.63, 3.8) is 0 Å². The summed E-state index contributed by atoms with van der Waals surface area (Å²) < 4.78 is 19.8. The summed E-state index contributed by atoms with van der Waals surface area (Å²) in [5.41, 5.74) is 4.53. The maximum absolute atomic E-state index is 4.94. The van der Waals surface area contributed by atoms with Crippen LogP contribution in [0.5, 0.6) is 0 Å². The van der Waals surface area contributed by atoms with Crippen molar-refractivity contribution in [2.75, 3.05) is 73.8 Å². The average Bonchev–Trinajstić information content (AvgIpc) is 3.81.